The molecule has 1 aromatic carbocycles. The molecule has 0 unspecified atom stereocenters. The van der Waals surface area contributed by atoms with Crippen LogP contribution in [0.25, 0.3) is 0 Å². The van der Waals surface area contributed by atoms with Gasteiger partial charge in [0.15, 0.2) is 5.78 Å². The molecule has 1 aliphatic carbocycles. The summed E-state index contributed by atoms with van der Waals surface area (Å²) in [6.45, 7) is 2.11. The van der Waals surface area contributed by atoms with Gasteiger partial charge in [0, 0.05) is 16.5 Å². The molecule has 0 aromatic heterocycles. The molecule has 74 valence electrons. The van der Waals surface area contributed by atoms with E-state index in [9.17, 15) is 4.79 Å². The second-order valence-electron chi connectivity index (χ2n) is 3.73. The highest BCUT2D eigenvalue weighted by Crippen LogP contribution is 2.29. The lowest BCUT2D eigenvalue weighted by molar-refractivity contribution is 0.0972. The first-order chi connectivity index (χ1) is 6.72. The first-order valence-electron chi connectivity index (χ1n) is 5.07. The Hall–Kier alpha value is -0.630. The number of rotatable bonds is 1. The minimum absolute atomic E-state index is 0.308. The zero-order valence-electron chi connectivity index (χ0n) is 8.27. The molecular weight excluding hydrogens is 240 g/mol. The van der Waals surface area contributed by atoms with Gasteiger partial charge >= 0.3 is 0 Å². The second kappa shape index (κ2) is 3.85. The molecule has 1 aliphatic rings. The fraction of sp³-hybridized carbons (Fsp3) is 0.417. The number of hydrogen-bond donors (Lipinski definition) is 0. The molecule has 0 amide bonds. The summed E-state index contributed by atoms with van der Waals surface area (Å²) in [5.74, 6) is 0.308. The van der Waals surface area contributed by atoms with Gasteiger partial charge in [0.1, 0.15) is 0 Å². The Kier molecular flexibility index (Phi) is 2.73. The number of carbonyl (C=O) groups excluding carboxylic acids is 1. The van der Waals surface area contributed by atoms with Crippen LogP contribution in [0.15, 0.2) is 16.6 Å². The van der Waals surface area contributed by atoms with E-state index in [1.54, 1.807) is 0 Å². The molecule has 0 saturated heterocycles. The lowest BCUT2D eigenvalue weighted by Gasteiger charge is -2.17. The summed E-state index contributed by atoms with van der Waals surface area (Å²) in [5, 5.41) is 0. The van der Waals surface area contributed by atoms with Crippen LogP contribution in [0.3, 0.4) is 0 Å². The van der Waals surface area contributed by atoms with Gasteiger partial charge in [-0.25, -0.2) is 0 Å². The van der Waals surface area contributed by atoms with Crippen LogP contribution >= 0.6 is 15.9 Å². The molecule has 0 spiro atoms. The summed E-state index contributed by atoms with van der Waals surface area (Å²) in [6.07, 6.45) is 3.73. The highest BCUT2D eigenvalue weighted by molar-refractivity contribution is 9.10. The first-order valence-corrected chi connectivity index (χ1v) is 5.86. The van der Waals surface area contributed by atoms with Gasteiger partial charge < -0.3 is 0 Å². The summed E-state index contributed by atoms with van der Waals surface area (Å²) in [4.78, 5) is 11.7. The number of Topliss-reactive ketones (excluding diaryl/α,β-unsaturated/α-hetero) is 1. The van der Waals surface area contributed by atoms with Gasteiger partial charge in [0.05, 0.1) is 0 Å². The third-order valence-corrected chi connectivity index (χ3v) is 3.50. The minimum Gasteiger partial charge on any atom is -0.294 e. The summed E-state index contributed by atoms with van der Waals surface area (Å²) in [6, 6.07) is 4.19. The van der Waals surface area contributed by atoms with Gasteiger partial charge in [0.25, 0.3) is 0 Å². The van der Waals surface area contributed by atoms with Crippen molar-refractivity contribution < 1.29 is 4.79 Å². The van der Waals surface area contributed by atoms with Crippen molar-refractivity contribution >= 4 is 21.7 Å². The van der Waals surface area contributed by atoms with E-state index < -0.39 is 0 Å². The third kappa shape index (κ3) is 1.63. The van der Waals surface area contributed by atoms with E-state index in [1.807, 2.05) is 0 Å². The molecule has 2 heteroatoms. The van der Waals surface area contributed by atoms with Crippen LogP contribution in [-0.2, 0) is 12.8 Å². The van der Waals surface area contributed by atoms with Crippen LogP contribution < -0.4 is 0 Å². The Balaban J connectivity index is 2.57. The number of halogens is 1. The van der Waals surface area contributed by atoms with Crippen molar-refractivity contribution in [3.8, 4) is 0 Å². The van der Waals surface area contributed by atoms with Crippen molar-refractivity contribution in [1.82, 2.24) is 0 Å². The van der Waals surface area contributed by atoms with Crippen LogP contribution in [0, 0.1) is 0 Å². The molecule has 0 radical (unpaired) electrons. The largest absolute Gasteiger partial charge is 0.294 e. The molecule has 0 aliphatic heterocycles. The lowest BCUT2D eigenvalue weighted by Crippen LogP contribution is -2.11. The summed E-state index contributed by atoms with van der Waals surface area (Å²) >= 11 is 3.55. The molecule has 0 atom stereocenters. The maximum Gasteiger partial charge on any atom is 0.163 e. The van der Waals surface area contributed by atoms with Crippen molar-refractivity contribution in [2.24, 2.45) is 0 Å². The van der Waals surface area contributed by atoms with Crippen LogP contribution in [0.1, 0.15) is 41.3 Å². The Morgan fingerprint density at radius 2 is 2.14 bits per heavy atom. The van der Waals surface area contributed by atoms with E-state index in [4.69, 9.17) is 0 Å². The van der Waals surface area contributed by atoms with Gasteiger partial charge in [-0.15, -0.1) is 0 Å². The molecule has 0 heterocycles. The molecule has 2 rings (SSSR count). The Labute approximate surface area is 92.6 Å². The number of hydrogen-bond acceptors (Lipinski definition) is 1. The van der Waals surface area contributed by atoms with Crippen molar-refractivity contribution in [3.63, 3.8) is 0 Å². The Morgan fingerprint density at radius 3 is 2.86 bits per heavy atom. The first kappa shape index (κ1) is 9.91. The topological polar surface area (TPSA) is 17.1 Å². The standard InChI is InChI=1S/C12H13BrO/c1-2-8-6-10-9(11(13)7-8)4-3-5-12(10)14/h6-7H,2-5H2,1H3. The average molecular weight is 253 g/mol. The summed E-state index contributed by atoms with van der Waals surface area (Å²) < 4.78 is 1.11. The molecular formula is C12H13BrO. The lowest BCUT2D eigenvalue weighted by atomic mass is 9.89. The van der Waals surface area contributed by atoms with Gasteiger partial charge in [0.2, 0.25) is 0 Å². The fourth-order valence-electron chi connectivity index (χ4n) is 1.96. The molecule has 0 fully saturated rings. The number of aryl methyl sites for hydroxylation is 1. The van der Waals surface area contributed by atoms with E-state index in [2.05, 4.69) is 35.0 Å². The Bertz CT molecular complexity index is 382. The Morgan fingerprint density at radius 1 is 1.36 bits per heavy atom. The number of carbonyl (C=O) groups is 1. The maximum atomic E-state index is 11.7. The van der Waals surface area contributed by atoms with Crippen molar-refractivity contribution in [2.45, 2.75) is 32.6 Å². The monoisotopic (exact) mass is 252 g/mol. The van der Waals surface area contributed by atoms with Crippen LogP contribution in [0.2, 0.25) is 0 Å². The summed E-state index contributed by atoms with van der Waals surface area (Å²) in [7, 11) is 0. The fourth-order valence-corrected chi connectivity index (χ4v) is 2.67. The van der Waals surface area contributed by atoms with E-state index >= 15 is 0 Å². The number of ketones is 1. The predicted octanol–water partition coefficient (Wildman–Crippen LogP) is 3.53. The van der Waals surface area contributed by atoms with Crippen LogP contribution in [0.4, 0.5) is 0 Å². The number of benzene rings is 1. The molecule has 14 heavy (non-hydrogen) atoms. The van der Waals surface area contributed by atoms with Gasteiger partial charge in [-0.05, 0) is 42.5 Å². The highest BCUT2D eigenvalue weighted by atomic mass is 79.9. The van der Waals surface area contributed by atoms with Gasteiger partial charge in [-0.1, -0.05) is 22.9 Å². The van der Waals surface area contributed by atoms with Crippen molar-refractivity contribution in [2.75, 3.05) is 0 Å². The quantitative estimate of drug-likeness (QED) is 0.748. The SMILES string of the molecule is CCc1cc(Br)c2c(c1)C(=O)CCC2. The van der Waals surface area contributed by atoms with Gasteiger partial charge in [-0.2, -0.15) is 0 Å². The molecule has 1 nitrogen and oxygen atoms in total. The van der Waals surface area contributed by atoms with E-state index in [0.717, 1.165) is 29.3 Å². The van der Waals surface area contributed by atoms with E-state index in [0.29, 0.717) is 12.2 Å². The van der Waals surface area contributed by atoms with E-state index in [1.165, 1.54) is 11.1 Å². The average Bonchev–Trinajstić information content (AvgIpc) is 2.19. The smallest absolute Gasteiger partial charge is 0.163 e. The molecule has 1 aromatic rings. The zero-order valence-corrected chi connectivity index (χ0v) is 9.86. The summed E-state index contributed by atoms with van der Waals surface area (Å²) in [5.41, 5.74) is 3.40. The molecule has 0 saturated carbocycles. The van der Waals surface area contributed by atoms with Gasteiger partial charge in [-0.3, -0.25) is 4.79 Å². The normalized spacial score (nSPS) is 15.4. The third-order valence-electron chi connectivity index (χ3n) is 2.79. The maximum absolute atomic E-state index is 11.7. The van der Waals surface area contributed by atoms with Crippen LogP contribution in [0.5, 0.6) is 0 Å². The molecule has 0 N–H and O–H groups in total. The second-order valence-corrected chi connectivity index (χ2v) is 4.59. The van der Waals surface area contributed by atoms with Crippen molar-refractivity contribution in [1.29, 1.82) is 0 Å². The zero-order chi connectivity index (χ0) is 10.1. The number of fused-ring (bicyclic) bond motifs is 1. The van der Waals surface area contributed by atoms with Crippen LogP contribution in [-0.4, -0.2) is 5.78 Å². The van der Waals surface area contributed by atoms with Crippen molar-refractivity contribution in [3.05, 3.63) is 33.3 Å². The molecule has 0 bridgehead atoms. The minimum atomic E-state index is 0.308. The predicted molar refractivity (Wildman–Crippen MR) is 60.8 cm³/mol. The van der Waals surface area contributed by atoms with E-state index in [-0.39, 0.29) is 0 Å². The highest BCUT2D eigenvalue weighted by Gasteiger charge is 2.19.